The molecule has 0 amide bonds. The zero-order valence-corrected chi connectivity index (χ0v) is 7.67. The summed E-state index contributed by atoms with van der Waals surface area (Å²) in [7, 11) is 0. The monoisotopic (exact) mass is 154 g/mol. The van der Waals surface area contributed by atoms with Gasteiger partial charge in [0.2, 0.25) is 0 Å². The SMILES string of the molecule is CC(C=CCC(C)C)=CCO. The average molecular weight is 154 g/mol. The topological polar surface area (TPSA) is 20.2 Å². The summed E-state index contributed by atoms with van der Waals surface area (Å²) in [6, 6.07) is 0. The fraction of sp³-hybridized carbons (Fsp3) is 0.600. The Bertz CT molecular complexity index is 143. The van der Waals surface area contributed by atoms with Crippen molar-refractivity contribution in [2.24, 2.45) is 5.92 Å². The van der Waals surface area contributed by atoms with E-state index < -0.39 is 0 Å². The lowest BCUT2D eigenvalue weighted by atomic mass is 10.1. The van der Waals surface area contributed by atoms with E-state index in [9.17, 15) is 0 Å². The van der Waals surface area contributed by atoms with E-state index in [0.29, 0.717) is 5.92 Å². The number of rotatable bonds is 4. The van der Waals surface area contributed by atoms with E-state index in [1.165, 1.54) is 0 Å². The van der Waals surface area contributed by atoms with Crippen molar-refractivity contribution < 1.29 is 5.11 Å². The molecule has 0 aromatic rings. The summed E-state index contributed by atoms with van der Waals surface area (Å²) in [5.74, 6) is 0.716. The van der Waals surface area contributed by atoms with Crippen LogP contribution in [0.1, 0.15) is 27.2 Å². The van der Waals surface area contributed by atoms with Crippen molar-refractivity contribution in [1.29, 1.82) is 0 Å². The average Bonchev–Trinajstić information content (AvgIpc) is 1.87. The van der Waals surface area contributed by atoms with E-state index in [2.05, 4.69) is 26.0 Å². The lowest BCUT2D eigenvalue weighted by Crippen LogP contribution is -1.82. The molecule has 0 saturated heterocycles. The van der Waals surface area contributed by atoms with Crippen LogP contribution in [0.2, 0.25) is 0 Å². The van der Waals surface area contributed by atoms with Crippen LogP contribution < -0.4 is 0 Å². The van der Waals surface area contributed by atoms with Gasteiger partial charge in [0.15, 0.2) is 0 Å². The van der Waals surface area contributed by atoms with E-state index in [0.717, 1.165) is 12.0 Å². The maximum absolute atomic E-state index is 8.53. The van der Waals surface area contributed by atoms with Crippen molar-refractivity contribution in [3.05, 3.63) is 23.8 Å². The predicted molar refractivity (Wildman–Crippen MR) is 49.4 cm³/mol. The van der Waals surface area contributed by atoms with E-state index in [1.54, 1.807) is 6.08 Å². The molecule has 11 heavy (non-hydrogen) atoms. The quantitative estimate of drug-likeness (QED) is 0.617. The fourth-order valence-corrected chi connectivity index (χ4v) is 0.738. The summed E-state index contributed by atoms with van der Waals surface area (Å²) < 4.78 is 0. The van der Waals surface area contributed by atoms with Crippen molar-refractivity contribution in [2.75, 3.05) is 6.61 Å². The predicted octanol–water partition coefficient (Wildman–Crippen LogP) is 2.53. The maximum atomic E-state index is 8.53. The number of aliphatic hydroxyl groups excluding tert-OH is 1. The maximum Gasteiger partial charge on any atom is 0.0617 e. The molecule has 0 aromatic carbocycles. The Labute approximate surface area is 69.4 Å². The zero-order chi connectivity index (χ0) is 8.69. The Morgan fingerprint density at radius 2 is 2.09 bits per heavy atom. The van der Waals surface area contributed by atoms with Crippen LogP contribution in [0, 0.1) is 5.92 Å². The standard InChI is InChI=1S/C10H18O/c1-9(2)5-4-6-10(3)7-8-11/h4,6-7,9,11H,5,8H2,1-3H3. The molecule has 0 aromatic heterocycles. The van der Waals surface area contributed by atoms with Gasteiger partial charge in [0.05, 0.1) is 6.61 Å². The van der Waals surface area contributed by atoms with E-state index >= 15 is 0 Å². The third-order valence-electron chi connectivity index (χ3n) is 1.40. The Morgan fingerprint density at radius 3 is 2.55 bits per heavy atom. The second kappa shape index (κ2) is 6.17. The number of aliphatic hydroxyl groups is 1. The minimum absolute atomic E-state index is 0.137. The second-order valence-electron chi connectivity index (χ2n) is 3.16. The van der Waals surface area contributed by atoms with Crippen LogP contribution in [0.3, 0.4) is 0 Å². The summed E-state index contributed by atoms with van der Waals surface area (Å²) in [5, 5.41) is 8.53. The van der Waals surface area contributed by atoms with Gasteiger partial charge < -0.3 is 5.11 Å². The van der Waals surface area contributed by atoms with Crippen LogP contribution in [0.5, 0.6) is 0 Å². The van der Waals surface area contributed by atoms with Gasteiger partial charge in [0.1, 0.15) is 0 Å². The molecule has 0 aliphatic rings. The molecule has 0 atom stereocenters. The lowest BCUT2D eigenvalue weighted by molar-refractivity contribution is 0.342. The molecule has 0 fully saturated rings. The molecule has 0 saturated carbocycles. The molecule has 0 rings (SSSR count). The van der Waals surface area contributed by atoms with Crippen LogP contribution in [0.25, 0.3) is 0 Å². The van der Waals surface area contributed by atoms with Crippen LogP contribution in [-0.2, 0) is 0 Å². The molecule has 0 heterocycles. The van der Waals surface area contributed by atoms with Gasteiger partial charge in [-0.2, -0.15) is 0 Å². The number of hydrogen-bond donors (Lipinski definition) is 1. The van der Waals surface area contributed by atoms with Crippen molar-refractivity contribution in [1.82, 2.24) is 0 Å². The highest BCUT2D eigenvalue weighted by Gasteiger charge is 1.86. The summed E-state index contributed by atoms with van der Waals surface area (Å²) in [6.07, 6.45) is 7.11. The first-order valence-corrected chi connectivity index (χ1v) is 4.11. The molecule has 0 unspecified atom stereocenters. The van der Waals surface area contributed by atoms with Crippen LogP contribution in [0.4, 0.5) is 0 Å². The van der Waals surface area contributed by atoms with Gasteiger partial charge in [0.25, 0.3) is 0 Å². The second-order valence-corrected chi connectivity index (χ2v) is 3.16. The Balaban J connectivity index is 3.65. The van der Waals surface area contributed by atoms with Crippen LogP contribution >= 0.6 is 0 Å². The van der Waals surface area contributed by atoms with Crippen LogP contribution in [-0.4, -0.2) is 11.7 Å². The van der Waals surface area contributed by atoms with Gasteiger partial charge in [-0.05, 0) is 19.3 Å². The first-order valence-electron chi connectivity index (χ1n) is 4.11. The first-order chi connectivity index (χ1) is 5.16. The van der Waals surface area contributed by atoms with Crippen LogP contribution in [0.15, 0.2) is 23.8 Å². The van der Waals surface area contributed by atoms with Gasteiger partial charge in [0, 0.05) is 0 Å². The van der Waals surface area contributed by atoms with E-state index in [-0.39, 0.29) is 6.61 Å². The molecular formula is C10H18O. The van der Waals surface area contributed by atoms with Gasteiger partial charge in [-0.1, -0.05) is 37.6 Å². The minimum Gasteiger partial charge on any atom is -0.392 e. The zero-order valence-electron chi connectivity index (χ0n) is 7.67. The molecule has 0 aliphatic carbocycles. The minimum atomic E-state index is 0.137. The first kappa shape index (κ1) is 10.4. The highest BCUT2D eigenvalue weighted by Crippen LogP contribution is 2.02. The summed E-state index contributed by atoms with van der Waals surface area (Å²) in [6.45, 7) is 6.51. The Morgan fingerprint density at radius 1 is 1.45 bits per heavy atom. The molecule has 0 radical (unpaired) electrons. The van der Waals surface area contributed by atoms with Gasteiger partial charge >= 0.3 is 0 Å². The Hall–Kier alpha value is -0.560. The van der Waals surface area contributed by atoms with E-state index in [4.69, 9.17) is 5.11 Å². The van der Waals surface area contributed by atoms with Crippen molar-refractivity contribution in [2.45, 2.75) is 27.2 Å². The molecule has 0 aliphatic heterocycles. The summed E-state index contributed by atoms with van der Waals surface area (Å²) in [5.41, 5.74) is 1.13. The summed E-state index contributed by atoms with van der Waals surface area (Å²) in [4.78, 5) is 0. The molecule has 1 heteroatoms. The van der Waals surface area contributed by atoms with Gasteiger partial charge in [-0.3, -0.25) is 0 Å². The highest BCUT2D eigenvalue weighted by atomic mass is 16.2. The van der Waals surface area contributed by atoms with Gasteiger partial charge in [-0.25, -0.2) is 0 Å². The van der Waals surface area contributed by atoms with E-state index in [1.807, 2.05) is 6.92 Å². The fourth-order valence-electron chi connectivity index (χ4n) is 0.738. The third kappa shape index (κ3) is 7.34. The Kier molecular flexibility index (Phi) is 5.86. The number of hydrogen-bond acceptors (Lipinski definition) is 1. The molecule has 64 valence electrons. The smallest absolute Gasteiger partial charge is 0.0617 e. The lowest BCUT2D eigenvalue weighted by Gasteiger charge is -1.96. The molecule has 0 spiro atoms. The number of allylic oxidation sites excluding steroid dienone is 3. The van der Waals surface area contributed by atoms with Crippen molar-refractivity contribution >= 4 is 0 Å². The van der Waals surface area contributed by atoms with Crippen molar-refractivity contribution in [3.63, 3.8) is 0 Å². The molecular weight excluding hydrogens is 136 g/mol. The third-order valence-corrected chi connectivity index (χ3v) is 1.40. The molecule has 0 bridgehead atoms. The summed E-state index contributed by atoms with van der Waals surface area (Å²) >= 11 is 0. The normalized spacial score (nSPS) is 13.4. The molecule has 1 nitrogen and oxygen atoms in total. The van der Waals surface area contributed by atoms with Crippen molar-refractivity contribution in [3.8, 4) is 0 Å². The molecule has 1 N–H and O–H groups in total. The largest absolute Gasteiger partial charge is 0.392 e. The van der Waals surface area contributed by atoms with Gasteiger partial charge in [-0.15, -0.1) is 0 Å². The highest BCUT2D eigenvalue weighted by molar-refractivity contribution is 5.15.